The second-order valence-corrected chi connectivity index (χ2v) is 10.3. The summed E-state index contributed by atoms with van der Waals surface area (Å²) >= 11 is 0. The van der Waals surface area contributed by atoms with Gasteiger partial charge >= 0.3 is 0 Å². The van der Waals surface area contributed by atoms with Gasteiger partial charge in [-0.05, 0) is 28.9 Å². The average Bonchev–Trinajstić information content (AvgIpc) is 2.81. The van der Waals surface area contributed by atoms with Crippen molar-refractivity contribution in [3.8, 4) is 0 Å². The predicted molar refractivity (Wildman–Crippen MR) is 126 cm³/mol. The molecule has 2 nitrogen and oxygen atoms in total. The lowest BCUT2D eigenvalue weighted by Gasteiger charge is -2.31. The predicted octanol–water partition coefficient (Wildman–Crippen LogP) is 4.12. The fraction of sp³-hybridized carbons (Fsp3) is 0. The maximum absolute atomic E-state index is 14.4. The molecule has 4 rings (SSSR count). The normalized spacial score (nSPS) is 11.1. The van der Waals surface area contributed by atoms with Crippen molar-refractivity contribution in [3.05, 3.63) is 121 Å². The highest BCUT2D eigenvalue weighted by atomic mass is 31.2. The van der Waals surface area contributed by atoms with Crippen LogP contribution in [0, 0.1) is 5.82 Å². The molecule has 148 valence electrons. The topological polar surface area (TPSA) is 43.1 Å². The van der Waals surface area contributed by atoms with Gasteiger partial charge in [-0.25, -0.2) is 4.39 Å². The number of aldehydes is 1. The minimum Gasteiger partial charge on any atom is -0.396 e. The van der Waals surface area contributed by atoms with Crippen molar-refractivity contribution in [1.29, 1.82) is 0 Å². The van der Waals surface area contributed by atoms with Crippen LogP contribution in [0.2, 0.25) is 0 Å². The van der Waals surface area contributed by atoms with Gasteiger partial charge in [0.25, 0.3) is 0 Å². The Bertz CT molecular complexity index is 1120. The van der Waals surface area contributed by atoms with Gasteiger partial charge in [-0.1, -0.05) is 103 Å². The Kier molecular flexibility index (Phi) is 5.65. The zero-order valence-corrected chi connectivity index (χ0v) is 17.2. The van der Waals surface area contributed by atoms with Gasteiger partial charge in [0.05, 0.1) is 5.69 Å². The molecular weight excluding hydrogens is 392 g/mol. The summed E-state index contributed by atoms with van der Waals surface area (Å²) in [6.45, 7) is -2.63. The van der Waals surface area contributed by atoms with E-state index in [0.29, 0.717) is 10.9 Å². The van der Waals surface area contributed by atoms with E-state index in [2.05, 4.69) is 0 Å². The molecule has 0 aromatic heterocycles. The van der Waals surface area contributed by atoms with Gasteiger partial charge in [0, 0.05) is 10.9 Å². The second-order valence-electron chi connectivity index (χ2n) is 6.88. The lowest BCUT2D eigenvalue weighted by molar-refractivity contribution is -0.102. The molecule has 0 unspecified atom stereocenters. The number of anilines is 1. The van der Waals surface area contributed by atoms with Crippen LogP contribution in [0.3, 0.4) is 0 Å². The summed E-state index contributed by atoms with van der Waals surface area (Å²) in [5.41, 5.74) is 6.59. The molecule has 30 heavy (non-hydrogen) atoms. The van der Waals surface area contributed by atoms with Gasteiger partial charge in [-0.2, -0.15) is 0 Å². The molecule has 4 heteroatoms. The number of benzene rings is 4. The molecule has 0 bridgehead atoms. The molecule has 0 saturated heterocycles. The molecule has 0 amide bonds. The fourth-order valence-corrected chi connectivity index (χ4v) is 8.20. The van der Waals surface area contributed by atoms with Gasteiger partial charge < -0.3 is 5.73 Å². The molecule has 0 aliphatic rings. The largest absolute Gasteiger partial charge is 0.396 e. The van der Waals surface area contributed by atoms with Crippen molar-refractivity contribution in [3.63, 3.8) is 0 Å². The summed E-state index contributed by atoms with van der Waals surface area (Å²) in [5.74, 6) is -0.529. The Hall–Kier alpha value is -3.42. The number of hydrogen-bond donors (Lipinski definition) is 1. The molecule has 4 aromatic rings. The summed E-state index contributed by atoms with van der Waals surface area (Å²) < 4.78 is 14.4. The molecule has 0 saturated carbocycles. The number of hydrogen-bond acceptors (Lipinski definition) is 2. The van der Waals surface area contributed by atoms with Crippen molar-refractivity contribution in [2.45, 2.75) is 0 Å². The van der Waals surface area contributed by atoms with E-state index in [1.807, 2.05) is 91.0 Å². The van der Waals surface area contributed by atoms with Gasteiger partial charge in [0.1, 0.15) is 5.82 Å². The Morgan fingerprint density at radius 2 is 1.10 bits per heavy atom. The van der Waals surface area contributed by atoms with Crippen molar-refractivity contribution in [2.24, 2.45) is 0 Å². The SMILES string of the molecule is Nc1c(F)cccc1C(C=O)=P(c1ccccc1)(c1ccccc1)c1ccccc1. The van der Waals surface area contributed by atoms with E-state index in [1.54, 1.807) is 12.1 Å². The molecule has 0 aliphatic carbocycles. The Balaban J connectivity index is 2.30. The molecule has 0 spiro atoms. The summed E-state index contributed by atoms with van der Waals surface area (Å²) in [6.07, 6.45) is 0.853. The second kappa shape index (κ2) is 8.52. The van der Waals surface area contributed by atoms with Crippen LogP contribution in [0.4, 0.5) is 10.1 Å². The van der Waals surface area contributed by atoms with E-state index in [0.717, 1.165) is 22.2 Å². The molecule has 0 heterocycles. The smallest absolute Gasteiger partial charge is 0.151 e. The highest BCUT2D eigenvalue weighted by Gasteiger charge is 2.31. The number of carbonyl (C=O) groups excluding carboxylic acids is 1. The van der Waals surface area contributed by atoms with E-state index in [1.165, 1.54) is 6.07 Å². The van der Waals surface area contributed by atoms with Gasteiger partial charge in [-0.15, -0.1) is 0 Å². The standard InChI is InChI=1S/C26H21FNOP/c27-24-18-10-17-23(26(24)28)25(19-29)30(20-11-4-1-5-12-20,21-13-6-2-7-14-21)22-15-8-3-9-16-22/h1-19H,28H2. The maximum Gasteiger partial charge on any atom is 0.151 e. The highest BCUT2D eigenvalue weighted by Crippen LogP contribution is 2.47. The van der Waals surface area contributed by atoms with E-state index >= 15 is 0 Å². The number of halogens is 1. The van der Waals surface area contributed by atoms with Crippen LogP contribution in [0.25, 0.3) is 0 Å². The number of para-hydroxylation sites is 1. The molecule has 2 N–H and O–H groups in total. The highest BCUT2D eigenvalue weighted by molar-refractivity contribution is 7.96. The summed E-state index contributed by atoms with van der Waals surface area (Å²) in [7, 11) is 0. The van der Waals surface area contributed by atoms with Crippen molar-refractivity contribution >= 4 is 40.1 Å². The van der Waals surface area contributed by atoms with Crippen molar-refractivity contribution in [1.82, 2.24) is 0 Å². The van der Waals surface area contributed by atoms with Crippen LogP contribution in [-0.4, -0.2) is 11.6 Å². The lowest BCUT2D eigenvalue weighted by Crippen LogP contribution is -2.31. The zero-order chi connectivity index (χ0) is 21.0. The third kappa shape index (κ3) is 3.28. The maximum atomic E-state index is 14.4. The first kappa shape index (κ1) is 19.9. The number of nitrogen functional groups attached to an aromatic ring is 1. The van der Waals surface area contributed by atoms with Crippen LogP contribution in [0.15, 0.2) is 109 Å². The molecule has 0 radical (unpaired) electrons. The van der Waals surface area contributed by atoms with E-state index in [9.17, 15) is 9.18 Å². The Morgan fingerprint density at radius 1 is 0.667 bits per heavy atom. The van der Waals surface area contributed by atoms with Gasteiger partial charge in [0.2, 0.25) is 0 Å². The number of nitrogens with two attached hydrogens (primary N) is 1. The van der Waals surface area contributed by atoms with Gasteiger partial charge in [0.15, 0.2) is 6.29 Å². The van der Waals surface area contributed by atoms with Crippen molar-refractivity contribution < 1.29 is 9.18 Å². The third-order valence-electron chi connectivity index (χ3n) is 5.23. The third-order valence-corrected chi connectivity index (χ3v) is 9.52. The van der Waals surface area contributed by atoms with Crippen LogP contribution in [-0.2, 0) is 4.79 Å². The number of rotatable bonds is 5. The lowest BCUT2D eigenvalue weighted by atomic mass is 10.1. The monoisotopic (exact) mass is 413 g/mol. The van der Waals surface area contributed by atoms with E-state index in [-0.39, 0.29) is 5.69 Å². The average molecular weight is 413 g/mol. The summed E-state index contributed by atoms with van der Waals surface area (Å²) in [4.78, 5) is 12.7. The molecular formula is C26H21FNOP. The van der Waals surface area contributed by atoms with Crippen LogP contribution < -0.4 is 21.6 Å². The fourth-order valence-electron chi connectivity index (χ4n) is 3.90. The first-order valence-electron chi connectivity index (χ1n) is 9.62. The minimum absolute atomic E-state index is 0.00762. The first-order valence-corrected chi connectivity index (χ1v) is 11.4. The summed E-state index contributed by atoms with van der Waals surface area (Å²) in [5, 5.41) is 3.53. The summed E-state index contributed by atoms with van der Waals surface area (Å²) in [6, 6.07) is 34.5. The Labute approximate surface area is 175 Å². The van der Waals surface area contributed by atoms with Crippen molar-refractivity contribution in [2.75, 3.05) is 5.73 Å². The van der Waals surface area contributed by atoms with E-state index < -0.39 is 12.7 Å². The zero-order valence-electron chi connectivity index (χ0n) is 16.3. The van der Waals surface area contributed by atoms with Crippen LogP contribution in [0.1, 0.15) is 5.56 Å². The first-order chi connectivity index (χ1) is 14.7. The molecule has 0 fully saturated rings. The number of carbonyl (C=O) groups is 1. The van der Waals surface area contributed by atoms with Crippen LogP contribution >= 0.6 is 6.89 Å². The molecule has 4 aromatic carbocycles. The van der Waals surface area contributed by atoms with Gasteiger partial charge in [-0.3, -0.25) is 4.79 Å². The van der Waals surface area contributed by atoms with E-state index in [4.69, 9.17) is 5.73 Å². The van der Waals surface area contributed by atoms with Crippen LogP contribution in [0.5, 0.6) is 0 Å². The molecule has 0 atom stereocenters. The minimum atomic E-state index is -2.63. The molecule has 0 aliphatic heterocycles. The Morgan fingerprint density at radius 3 is 1.50 bits per heavy atom. The quantitative estimate of drug-likeness (QED) is 0.304.